The molecule has 0 aromatic heterocycles. The molecule has 2 aliphatic heterocycles. The SMILES string of the molecule is CC(=O)Nc1ccc(N2C(=O)c3ccc(C(=O)OCC(=O)N4[C@@H](C)CCC[C@@H]4C)cc3C2=O)cc1. The maximum Gasteiger partial charge on any atom is 0.338 e. The van der Waals surface area contributed by atoms with Crippen LogP contribution >= 0.6 is 0 Å². The van der Waals surface area contributed by atoms with E-state index in [0.29, 0.717) is 11.4 Å². The number of benzene rings is 2. The molecule has 9 heteroatoms. The number of carbonyl (C=O) groups excluding carboxylic acids is 5. The number of hydrogen-bond acceptors (Lipinski definition) is 6. The zero-order valence-corrected chi connectivity index (χ0v) is 19.9. The van der Waals surface area contributed by atoms with Gasteiger partial charge in [0.1, 0.15) is 0 Å². The fourth-order valence-electron chi connectivity index (χ4n) is 4.70. The van der Waals surface area contributed by atoms with E-state index >= 15 is 0 Å². The van der Waals surface area contributed by atoms with Gasteiger partial charge in [-0.15, -0.1) is 0 Å². The number of nitrogens with zero attached hydrogens (tertiary/aromatic N) is 2. The normalized spacial score (nSPS) is 19.4. The van der Waals surface area contributed by atoms with Crippen molar-refractivity contribution in [2.75, 3.05) is 16.8 Å². The summed E-state index contributed by atoms with van der Waals surface area (Å²) in [5, 5.41) is 2.62. The molecule has 0 bridgehead atoms. The maximum absolute atomic E-state index is 13.0. The molecule has 0 saturated carbocycles. The number of ether oxygens (including phenoxy) is 1. The van der Waals surface area contributed by atoms with Crippen LogP contribution < -0.4 is 10.2 Å². The van der Waals surface area contributed by atoms with Crippen molar-refractivity contribution in [3.8, 4) is 0 Å². The summed E-state index contributed by atoms with van der Waals surface area (Å²) in [5.41, 5.74) is 1.21. The molecule has 0 radical (unpaired) electrons. The molecule has 9 nitrogen and oxygen atoms in total. The van der Waals surface area contributed by atoms with E-state index in [2.05, 4.69) is 5.32 Å². The Labute approximate surface area is 203 Å². The molecule has 35 heavy (non-hydrogen) atoms. The van der Waals surface area contributed by atoms with E-state index in [1.165, 1.54) is 25.1 Å². The van der Waals surface area contributed by atoms with E-state index in [0.717, 1.165) is 24.2 Å². The summed E-state index contributed by atoms with van der Waals surface area (Å²) in [6.07, 6.45) is 2.89. The molecule has 0 aliphatic carbocycles. The van der Waals surface area contributed by atoms with Gasteiger partial charge in [0.2, 0.25) is 5.91 Å². The quantitative estimate of drug-likeness (QED) is 0.522. The highest BCUT2D eigenvalue weighted by molar-refractivity contribution is 6.34. The Kier molecular flexibility index (Phi) is 6.68. The topological polar surface area (TPSA) is 113 Å². The molecule has 2 aliphatic rings. The van der Waals surface area contributed by atoms with Crippen molar-refractivity contribution < 1.29 is 28.7 Å². The van der Waals surface area contributed by atoms with Crippen LogP contribution in [0.3, 0.4) is 0 Å². The number of rotatable bonds is 5. The standard InChI is InChI=1S/C26H27N3O6/c1-15-5-4-6-16(2)28(15)23(31)14-35-26(34)18-7-12-21-22(13-18)25(33)29(24(21)32)20-10-8-19(9-11-20)27-17(3)30/h7-13,15-16H,4-6,14H2,1-3H3,(H,27,30)/t15-,16-/m0/s1. The first-order valence-corrected chi connectivity index (χ1v) is 11.6. The van der Waals surface area contributed by atoms with Gasteiger partial charge >= 0.3 is 5.97 Å². The van der Waals surface area contributed by atoms with Crippen molar-refractivity contribution in [1.29, 1.82) is 0 Å². The number of hydrogen-bond donors (Lipinski definition) is 1. The zero-order chi connectivity index (χ0) is 25.3. The van der Waals surface area contributed by atoms with Crippen LogP contribution in [-0.4, -0.2) is 53.2 Å². The zero-order valence-electron chi connectivity index (χ0n) is 19.9. The Balaban J connectivity index is 1.46. The summed E-state index contributed by atoms with van der Waals surface area (Å²) in [6.45, 7) is 4.96. The molecule has 1 fully saturated rings. The lowest BCUT2D eigenvalue weighted by atomic mass is 9.97. The third kappa shape index (κ3) is 4.80. The van der Waals surface area contributed by atoms with E-state index in [-0.39, 0.29) is 47.2 Å². The van der Waals surface area contributed by atoms with Gasteiger partial charge in [-0.1, -0.05) is 0 Å². The van der Waals surface area contributed by atoms with E-state index in [9.17, 15) is 24.0 Å². The number of likely N-dealkylation sites (tertiary alicyclic amines) is 1. The molecule has 0 unspecified atom stereocenters. The lowest BCUT2D eigenvalue weighted by molar-refractivity contribution is -0.140. The number of carbonyl (C=O) groups is 5. The van der Waals surface area contributed by atoms with Gasteiger partial charge in [0.15, 0.2) is 6.61 Å². The van der Waals surface area contributed by atoms with Gasteiger partial charge in [-0.05, 0) is 75.6 Å². The van der Waals surface area contributed by atoms with Crippen LogP contribution in [0.15, 0.2) is 42.5 Å². The number of fused-ring (bicyclic) bond motifs is 1. The van der Waals surface area contributed by atoms with Gasteiger partial charge in [-0.25, -0.2) is 9.69 Å². The molecule has 4 amide bonds. The van der Waals surface area contributed by atoms with Gasteiger partial charge in [0, 0.05) is 24.7 Å². The fraction of sp³-hybridized carbons (Fsp3) is 0.346. The van der Waals surface area contributed by atoms with Crippen LogP contribution in [0.5, 0.6) is 0 Å². The minimum absolute atomic E-state index is 0.0833. The summed E-state index contributed by atoms with van der Waals surface area (Å²) in [5.74, 6) is -2.31. The molecule has 2 heterocycles. The molecular weight excluding hydrogens is 450 g/mol. The van der Waals surface area contributed by atoms with Gasteiger partial charge in [-0.2, -0.15) is 0 Å². The third-order valence-electron chi connectivity index (χ3n) is 6.38. The van der Waals surface area contributed by atoms with Crippen LogP contribution in [0.1, 0.15) is 71.1 Å². The average molecular weight is 478 g/mol. The van der Waals surface area contributed by atoms with E-state index in [4.69, 9.17) is 4.74 Å². The molecule has 0 spiro atoms. The van der Waals surface area contributed by atoms with Crippen molar-refractivity contribution in [2.24, 2.45) is 0 Å². The number of anilines is 2. The van der Waals surface area contributed by atoms with Crippen LogP contribution in [0, 0.1) is 0 Å². The highest BCUT2D eigenvalue weighted by atomic mass is 16.5. The molecule has 2 aromatic rings. The van der Waals surface area contributed by atoms with Crippen LogP contribution in [0.25, 0.3) is 0 Å². The number of nitrogens with one attached hydrogen (secondary N) is 1. The summed E-state index contributed by atoms with van der Waals surface area (Å²) < 4.78 is 5.24. The number of imide groups is 1. The lowest BCUT2D eigenvalue weighted by Gasteiger charge is -2.38. The Hall–Kier alpha value is -4.01. The average Bonchev–Trinajstić information content (AvgIpc) is 3.07. The first-order valence-electron chi connectivity index (χ1n) is 11.6. The first-order chi connectivity index (χ1) is 16.7. The van der Waals surface area contributed by atoms with Gasteiger partial charge in [-0.3, -0.25) is 19.2 Å². The van der Waals surface area contributed by atoms with E-state index in [1.807, 2.05) is 13.8 Å². The lowest BCUT2D eigenvalue weighted by Crippen LogP contribution is -2.49. The van der Waals surface area contributed by atoms with Crippen molar-refractivity contribution in [1.82, 2.24) is 4.90 Å². The minimum atomic E-state index is -0.739. The predicted molar refractivity (Wildman–Crippen MR) is 128 cm³/mol. The third-order valence-corrected chi connectivity index (χ3v) is 6.38. The molecule has 182 valence electrons. The van der Waals surface area contributed by atoms with Crippen molar-refractivity contribution in [3.05, 3.63) is 59.2 Å². The largest absolute Gasteiger partial charge is 0.452 e. The first kappa shape index (κ1) is 24.1. The highest BCUT2D eigenvalue weighted by Crippen LogP contribution is 2.30. The Bertz CT molecular complexity index is 1200. The molecule has 2 aromatic carbocycles. The van der Waals surface area contributed by atoms with Crippen LogP contribution in [0.4, 0.5) is 11.4 Å². The Morgan fingerprint density at radius 1 is 0.943 bits per heavy atom. The van der Waals surface area contributed by atoms with Gasteiger partial charge in [0.25, 0.3) is 17.7 Å². The van der Waals surface area contributed by atoms with Crippen molar-refractivity contribution in [3.63, 3.8) is 0 Å². The van der Waals surface area contributed by atoms with Crippen molar-refractivity contribution >= 4 is 41.0 Å². The fourth-order valence-corrected chi connectivity index (χ4v) is 4.70. The highest BCUT2D eigenvalue weighted by Gasteiger charge is 2.37. The molecule has 4 rings (SSSR count). The molecule has 1 N–H and O–H groups in total. The summed E-state index contributed by atoms with van der Waals surface area (Å²) in [6, 6.07) is 10.6. The van der Waals surface area contributed by atoms with Crippen LogP contribution in [-0.2, 0) is 14.3 Å². The smallest absolute Gasteiger partial charge is 0.338 e. The number of esters is 1. The van der Waals surface area contributed by atoms with E-state index < -0.39 is 17.8 Å². The molecule has 1 saturated heterocycles. The molecule has 2 atom stereocenters. The minimum Gasteiger partial charge on any atom is -0.452 e. The number of amides is 4. The van der Waals surface area contributed by atoms with Gasteiger partial charge < -0.3 is 15.0 Å². The second-order valence-electron chi connectivity index (χ2n) is 8.94. The Morgan fingerprint density at radius 3 is 2.20 bits per heavy atom. The monoisotopic (exact) mass is 477 g/mol. The summed E-state index contributed by atoms with van der Waals surface area (Å²) in [4.78, 5) is 65.1. The summed E-state index contributed by atoms with van der Waals surface area (Å²) in [7, 11) is 0. The number of piperidine rings is 1. The maximum atomic E-state index is 13.0. The second-order valence-corrected chi connectivity index (χ2v) is 8.94. The van der Waals surface area contributed by atoms with Gasteiger partial charge in [0.05, 0.1) is 22.4 Å². The Morgan fingerprint density at radius 2 is 1.57 bits per heavy atom. The predicted octanol–water partition coefficient (Wildman–Crippen LogP) is 3.39. The summed E-state index contributed by atoms with van der Waals surface area (Å²) >= 11 is 0. The van der Waals surface area contributed by atoms with Crippen molar-refractivity contribution in [2.45, 2.75) is 52.1 Å². The van der Waals surface area contributed by atoms with E-state index in [1.54, 1.807) is 29.2 Å². The molecular formula is C26H27N3O6. The second kappa shape index (κ2) is 9.69. The van der Waals surface area contributed by atoms with Crippen LogP contribution in [0.2, 0.25) is 0 Å².